The summed E-state index contributed by atoms with van der Waals surface area (Å²) in [6.07, 6.45) is 1.01. The molecule has 2 aromatic carbocycles. The molecule has 0 bridgehead atoms. The van der Waals surface area contributed by atoms with E-state index >= 15 is 0 Å². The second kappa shape index (κ2) is 5.72. The summed E-state index contributed by atoms with van der Waals surface area (Å²) in [5, 5.41) is 0. The molecular formula is C17H20O. The van der Waals surface area contributed by atoms with Gasteiger partial charge in [0.05, 0.1) is 7.11 Å². The fourth-order valence-corrected chi connectivity index (χ4v) is 2.21. The molecule has 0 N–H and O–H groups in total. The van der Waals surface area contributed by atoms with Crippen LogP contribution in [0, 0.1) is 6.92 Å². The van der Waals surface area contributed by atoms with E-state index < -0.39 is 0 Å². The number of aryl methyl sites for hydroxylation is 1. The minimum atomic E-state index is 0.502. The van der Waals surface area contributed by atoms with Gasteiger partial charge in [0.15, 0.2) is 0 Å². The third kappa shape index (κ3) is 2.92. The summed E-state index contributed by atoms with van der Waals surface area (Å²) in [6, 6.07) is 17.0. The summed E-state index contributed by atoms with van der Waals surface area (Å²) in [7, 11) is 1.73. The first-order valence-corrected chi connectivity index (χ1v) is 6.39. The van der Waals surface area contributed by atoms with Crippen LogP contribution in [0.2, 0.25) is 0 Å². The molecule has 94 valence electrons. The lowest BCUT2D eigenvalue weighted by Crippen LogP contribution is -2.00. The molecule has 0 spiro atoms. The maximum absolute atomic E-state index is 5.40. The maximum Gasteiger partial charge on any atom is 0.122 e. The van der Waals surface area contributed by atoms with Crippen molar-refractivity contribution in [3.05, 3.63) is 65.2 Å². The Bertz CT molecular complexity index is 499. The zero-order valence-electron chi connectivity index (χ0n) is 11.3. The van der Waals surface area contributed by atoms with E-state index in [-0.39, 0.29) is 0 Å². The van der Waals surface area contributed by atoms with Gasteiger partial charge in [0, 0.05) is 0 Å². The Balaban J connectivity index is 2.15. The normalized spacial score (nSPS) is 12.2. The highest BCUT2D eigenvalue weighted by molar-refractivity contribution is 5.35. The van der Waals surface area contributed by atoms with Crippen LogP contribution in [0.4, 0.5) is 0 Å². The molecule has 0 amide bonds. The van der Waals surface area contributed by atoms with Crippen LogP contribution in [-0.2, 0) is 6.42 Å². The van der Waals surface area contributed by atoms with E-state index in [4.69, 9.17) is 4.74 Å². The van der Waals surface area contributed by atoms with Gasteiger partial charge >= 0.3 is 0 Å². The minimum Gasteiger partial charge on any atom is -0.496 e. The summed E-state index contributed by atoms with van der Waals surface area (Å²) in [4.78, 5) is 0. The molecule has 1 atom stereocenters. The molecule has 1 heteroatoms. The quantitative estimate of drug-likeness (QED) is 0.772. The fraction of sp³-hybridized carbons (Fsp3) is 0.294. The van der Waals surface area contributed by atoms with Gasteiger partial charge in [0.25, 0.3) is 0 Å². The van der Waals surface area contributed by atoms with Crippen molar-refractivity contribution in [2.45, 2.75) is 26.2 Å². The van der Waals surface area contributed by atoms with Gasteiger partial charge in [-0.05, 0) is 36.5 Å². The Kier molecular flexibility index (Phi) is 4.03. The van der Waals surface area contributed by atoms with Gasteiger partial charge in [-0.2, -0.15) is 0 Å². The first-order valence-electron chi connectivity index (χ1n) is 6.39. The highest BCUT2D eigenvalue weighted by Gasteiger charge is 2.09. The molecule has 2 rings (SSSR count). The first kappa shape index (κ1) is 12.7. The number of hydrogen-bond donors (Lipinski definition) is 0. The van der Waals surface area contributed by atoms with Crippen LogP contribution in [-0.4, -0.2) is 7.11 Å². The van der Waals surface area contributed by atoms with Crippen molar-refractivity contribution in [3.8, 4) is 5.75 Å². The van der Waals surface area contributed by atoms with E-state index in [1.54, 1.807) is 7.11 Å². The van der Waals surface area contributed by atoms with Crippen molar-refractivity contribution in [2.75, 3.05) is 7.11 Å². The topological polar surface area (TPSA) is 9.23 Å². The molecule has 0 saturated heterocycles. The Labute approximate surface area is 109 Å². The summed E-state index contributed by atoms with van der Waals surface area (Å²) in [5.41, 5.74) is 3.96. The number of hydrogen-bond acceptors (Lipinski definition) is 1. The van der Waals surface area contributed by atoms with E-state index in [2.05, 4.69) is 50.2 Å². The molecule has 1 nitrogen and oxygen atoms in total. The van der Waals surface area contributed by atoms with Gasteiger partial charge in [0.1, 0.15) is 5.75 Å². The van der Waals surface area contributed by atoms with Crippen molar-refractivity contribution in [1.29, 1.82) is 0 Å². The monoisotopic (exact) mass is 240 g/mol. The molecule has 0 aliphatic carbocycles. The summed E-state index contributed by atoms with van der Waals surface area (Å²) in [6.45, 7) is 4.38. The second-order valence-corrected chi connectivity index (χ2v) is 4.83. The van der Waals surface area contributed by atoms with E-state index in [0.29, 0.717) is 5.92 Å². The van der Waals surface area contributed by atoms with Crippen LogP contribution < -0.4 is 4.74 Å². The number of ether oxygens (including phenoxy) is 1. The molecule has 2 aromatic rings. The second-order valence-electron chi connectivity index (χ2n) is 4.83. The Morgan fingerprint density at radius 1 is 1.00 bits per heavy atom. The lowest BCUT2D eigenvalue weighted by Gasteiger charge is -2.14. The van der Waals surface area contributed by atoms with E-state index in [9.17, 15) is 0 Å². The Morgan fingerprint density at radius 2 is 1.67 bits per heavy atom. The average molecular weight is 240 g/mol. The summed E-state index contributed by atoms with van der Waals surface area (Å²) in [5.74, 6) is 1.48. The van der Waals surface area contributed by atoms with Gasteiger partial charge in [-0.25, -0.2) is 0 Å². The van der Waals surface area contributed by atoms with E-state index in [0.717, 1.165) is 12.2 Å². The average Bonchev–Trinajstić information content (AvgIpc) is 2.40. The number of para-hydroxylation sites is 1. The summed E-state index contributed by atoms with van der Waals surface area (Å²) >= 11 is 0. The molecule has 18 heavy (non-hydrogen) atoms. The highest BCUT2D eigenvalue weighted by Crippen LogP contribution is 2.26. The minimum absolute atomic E-state index is 0.502. The van der Waals surface area contributed by atoms with Crippen molar-refractivity contribution in [3.63, 3.8) is 0 Å². The maximum atomic E-state index is 5.40. The Hall–Kier alpha value is -1.76. The number of benzene rings is 2. The molecule has 0 heterocycles. The molecular weight excluding hydrogens is 220 g/mol. The third-order valence-corrected chi connectivity index (χ3v) is 3.37. The molecule has 0 saturated carbocycles. The molecule has 0 radical (unpaired) electrons. The van der Waals surface area contributed by atoms with Crippen LogP contribution in [0.1, 0.15) is 29.5 Å². The lowest BCUT2D eigenvalue weighted by atomic mass is 9.93. The highest BCUT2D eigenvalue weighted by atomic mass is 16.5. The largest absolute Gasteiger partial charge is 0.496 e. The standard InChI is InChI=1S/C17H20O/c1-13-8-10-15(11-9-13)14(2)12-16-6-4-5-7-17(16)18-3/h4-11,14H,12H2,1-3H3. The van der Waals surface area contributed by atoms with E-state index in [1.807, 2.05) is 12.1 Å². The van der Waals surface area contributed by atoms with Crippen molar-refractivity contribution in [2.24, 2.45) is 0 Å². The zero-order chi connectivity index (χ0) is 13.0. The van der Waals surface area contributed by atoms with Gasteiger partial charge in [0.2, 0.25) is 0 Å². The predicted molar refractivity (Wildman–Crippen MR) is 76.3 cm³/mol. The van der Waals surface area contributed by atoms with Crippen LogP contribution in [0.15, 0.2) is 48.5 Å². The van der Waals surface area contributed by atoms with Crippen LogP contribution >= 0.6 is 0 Å². The molecule has 0 aromatic heterocycles. The SMILES string of the molecule is COc1ccccc1CC(C)c1ccc(C)cc1. The predicted octanol–water partition coefficient (Wildman–Crippen LogP) is 4.35. The zero-order valence-corrected chi connectivity index (χ0v) is 11.3. The summed E-state index contributed by atoms with van der Waals surface area (Å²) < 4.78 is 5.40. The molecule has 0 fully saturated rings. The Morgan fingerprint density at radius 3 is 2.33 bits per heavy atom. The van der Waals surface area contributed by atoms with Crippen molar-refractivity contribution < 1.29 is 4.74 Å². The number of rotatable bonds is 4. The van der Waals surface area contributed by atoms with Gasteiger partial charge < -0.3 is 4.74 Å². The molecule has 1 unspecified atom stereocenters. The molecule has 0 aliphatic heterocycles. The first-order chi connectivity index (χ1) is 8.70. The van der Waals surface area contributed by atoms with Crippen LogP contribution in [0.3, 0.4) is 0 Å². The van der Waals surface area contributed by atoms with Gasteiger partial charge in [-0.3, -0.25) is 0 Å². The smallest absolute Gasteiger partial charge is 0.122 e. The van der Waals surface area contributed by atoms with Crippen molar-refractivity contribution >= 4 is 0 Å². The van der Waals surface area contributed by atoms with E-state index in [1.165, 1.54) is 16.7 Å². The van der Waals surface area contributed by atoms with Gasteiger partial charge in [-0.1, -0.05) is 55.0 Å². The van der Waals surface area contributed by atoms with Crippen LogP contribution in [0.25, 0.3) is 0 Å². The van der Waals surface area contributed by atoms with Crippen molar-refractivity contribution in [1.82, 2.24) is 0 Å². The molecule has 0 aliphatic rings. The third-order valence-electron chi connectivity index (χ3n) is 3.37. The lowest BCUT2D eigenvalue weighted by molar-refractivity contribution is 0.408. The van der Waals surface area contributed by atoms with Gasteiger partial charge in [-0.15, -0.1) is 0 Å². The van der Waals surface area contributed by atoms with Crippen LogP contribution in [0.5, 0.6) is 5.75 Å². The number of methoxy groups -OCH3 is 1. The fourth-order valence-electron chi connectivity index (χ4n) is 2.21.